The van der Waals surface area contributed by atoms with Crippen molar-refractivity contribution in [3.05, 3.63) is 29.8 Å². The summed E-state index contributed by atoms with van der Waals surface area (Å²) < 4.78 is 39.2. The van der Waals surface area contributed by atoms with E-state index in [1.807, 2.05) is 19.1 Å². The molecule has 1 atom stereocenters. The highest BCUT2D eigenvalue weighted by Crippen LogP contribution is 2.29. The highest BCUT2D eigenvalue weighted by Gasteiger charge is 2.44. The van der Waals surface area contributed by atoms with Crippen molar-refractivity contribution in [2.75, 3.05) is 24.5 Å². The highest BCUT2D eigenvalue weighted by atomic mass is 19.4. The van der Waals surface area contributed by atoms with Crippen LogP contribution in [0, 0.1) is 6.92 Å². The number of nitrogens with one attached hydrogen (secondary N) is 1. The van der Waals surface area contributed by atoms with E-state index in [9.17, 15) is 13.2 Å². The van der Waals surface area contributed by atoms with Crippen LogP contribution in [0.25, 0.3) is 0 Å². The Bertz CT molecular complexity index is 386. The normalized spacial score (nSPS) is 21.8. The average Bonchev–Trinajstić information content (AvgIpc) is 2.54. The second kappa shape index (κ2) is 5.18. The zero-order chi connectivity index (χ0) is 13.2. The smallest absolute Gasteiger partial charge is 0.359 e. The second-order valence-electron chi connectivity index (χ2n) is 4.64. The molecule has 1 fully saturated rings. The molecule has 1 unspecified atom stereocenters. The lowest BCUT2D eigenvalue weighted by molar-refractivity contribution is -0.147. The number of hydrogen-bond acceptors (Lipinski definition) is 2. The van der Waals surface area contributed by atoms with E-state index in [1.165, 1.54) is 4.90 Å². The van der Waals surface area contributed by atoms with Gasteiger partial charge in [-0.2, -0.15) is 13.2 Å². The molecule has 1 aromatic rings. The number of nitrogens with zero attached hydrogens (tertiary/aromatic N) is 1. The van der Waals surface area contributed by atoms with E-state index < -0.39 is 12.2 Å². The Balaban J connectivity index is 2.28. The summed E-state index contributed by atoms with van der Waals surface area (Å²) in [6, 6.07) is 5.78. The number of hydrogen-bond donors (Lipinski definition) is 1. The molecule has 0 bridgehead atoms. The first-order chi connectivity index (χ1) is 8.48. The van der Waals surface area contributed by atoms with Gasteiger partial charge in [0.05, 0.1) is 0 Å². The van der Waals surface area contributed by atoms with Gasteiger partial charge in [0.15, 0.2) is 0 Å². The van der Waals surface area contributed by atoms with Crippen molar-refractivity contribution in [2.24, 2.45) is 0 Å². The van der Waals surface area contributed by atoms with E-state index in [4.69, 9.17) is 0 Å². The molecule has 18 heavy (non-hydrogen) atoms. The van der Waals surface area contributed by atoms with Crippen molar-refractivity contribution >= 4 is 5.69 Å². The van der Waals surface area contributed by atoms with E-state index in [-0.39, 0.29) is 6.54 Å². The van der Waals surface area contributed by atoms with Gasteiger partial charge in [-0.1, -0.05) is 17.7 Å². The van der Waals surface area contributed by atoms with Crippen LogP contribution < -0.4 is 10.2 Å². The lowest BCUT2D eigenvalue weighted by Crippen LogP contribution is -2.49. The number of anilines is 1. The molecule has 0 aromatic heterocycles. The molecule has 1 aromatic carbocycles. The fourth-order valence-corrected chi connectivity index (χ4v) is 2.22. The third-order valence-electron chi connectivity index (χ3n) is 3.21. The third kappa shape index (κ3) is 2.96. The van der Waals surface area contributed by atoms with Gasteiger partial charge in [0.2, 0.25) is 0 Å². The molecule has 2 nitrogen and oxygen atoms in total. The Hall–Kier alpha value is -1.23. The Labute approximate surface area is 105 Å². The predicted molar refractivity (Wildman–Crippen MR) is 65.9 cm³/mol. The van der Waals surface area contributed by atoms with Gasteiger partial charge in [-0.3, -0.25) is 0 Å². The van der Waals surface area contributed by atoms with Gasteiger partial charge in [0, 0.05) is 18.8 Å². The molecule has 100 valence electrons. The summed E-state index contributed by atoms with van der Waals surface area (Å²) in [6.07, 6.45) is -3.48. The van der Waals surface area contributed by atoms with Gasteiger partial charge in [0.25, 0.3) is 0 Å². The van der Waals surface area contributed by atoms with Gasteiger partial charge in [-0.05, 0) is 32.0 Å². The van der Waals surface area contributed by atoms with Crippen LogP contribution in [0.4, 0.5) is 18.9 Å². The molecular formula is C13H17F3N2. The van der Waals surface area contributed by atoms with Crippen LogP contribution in [0.15, 0.2) is 24.3 Å². The van der Waals surface area contributed by atoms with Gasteiger partial charge >= 0.3 is 6.18 Å². The van der Waals surface area contributed by atoms with Crippen LogP contribution in [0.2, 0.25) is 0 Å². The molecule has 0 radical (unpaired) electrons. The summed E-state index contributed by atoms with van der Waals surface area (Å²) in [6.45, 7) is 2.95. The van der Waals surface area contributed by atoms with E-state index in [0.29, 0.717) is 18.8 Å². The first kappa shape index (κ1) is 13.2. The number of halogens is 3. The number of alkyl halides is 3. The zero-order valence-corrected chi connectivity index (χ0v) is 10.3. The van der Waals surface area contributed by atoms with E-state index >= 15 is 0 Å². The maximum atomic E-state index is 13.1. The molecule has 1 N–H and O–H groups in total. The van der Waals surface area contributed by atoms with Crippen molar-refractivity contribution in [3.8, 4) is 0 Å². The van der Waals surface area contributed by atoms with E-state index in [0.717, 1.165) is 12.0 Å². The lowest BCUT2D eigenvalue weighted by atomic mass is 10.1. The topological polar surface area (TPSA) is 15.3 Å². The molecule has 0 saturated carbocycles. The van der Waals surface area contributed by atoms with Gasteiger partial charge < -0.3 is 10.2 Å². The van der Waals surface area contributed by atoms with Gasteiger partial charge in [0.1, 0.15) is 6.04 Å². The van der Waals surface area contributed by atoms with E-state index in [2.05, 4.69) is 5.32 Å². The molecule has 0 amide bonds. The summed E-state index contributed by atoms with van der Waals surface area (Å²) in [5.74, 6) is 0. The molecule has 5 heteroatoms. The molecule has 1 aliphatic rings. The summed E-state index contributed by atoms with van der Waals surface area (Å²) in [5, 5.41) is 2.85. The molecule has 1 aliphatic heterocycles. The first-order valence-corrected chi connectivity index (χ1v) is 6.09. The van der Waals surface area contributed by atoms with Crippen LogP contribution in [0.5, 0.6) is 0 Å². The summed E-state index contributed by atoms with van der Waals surface area (Å²) in [5.41, 5.74) is 1.70. The minimum absolute atomic E-state index is 0.0443. The number of benzene rings is 1. The van der Waals surface area contributed by atoms with Crippen LogP contribution in [-0.2, 0) is 0 Å². The monoisotopic (exact) mass is 258 g/mol. The molecular weight excluding hydrogens is 241 g/mol. The largest absolute Gasteiger partial charge is 0.409 e. The third-order valence-corrected chi connectivity index (χ3v) is 3.21. The Morgan fingerprint density at radius 2 is 1.89 bits per heavy atom. The molecule has 2 rings (SSSR count). The maximum absolute atomic E-state index is 13.1. The fourth-order valence-electron chi connectivity index (χ4n) is 2.22. The molecule has 0 spiro atoms. The summed E-state index contributed by atoms with van der Waals surface area (Å²) in [7, 11) is 0. The van der Waals surface area contributed by atoms with Crippen LogP contribution in [0.3, 0.4) is 0 Å². The molecule has 1 saturated heterocycles. The maximum Gasteiger partial charge on any atom is 0.409 e. The molecule has 0 aliphatic carbocycles. The minimum atomic E-state index is -4.21. The molecule has 1 heterocycles. The van der Waals surface area contributed by atoms with Crippen molar-refractivity contribution in [1.29, 1.82) is 0 Å². The zero-order valence-electron chi connectivity index (χ0n) is 10.3. The standard InChI is InChI=1S/C13H17F3N2/c1-10-3-5-11(6-4-10)18-8-2-7-17-9-12(18)13(14,15)16/h3-6,12,17H,2,7-9H2,1H3. The SMILES string of the molecule is Cc1ccc(N2CCCNCC2C(F)(F)F)cc1. The Kier molecular flexibility index (Phi) is 3.80. The minimum Gasteiger partial charge on any atom is -0.359 e. The van der Waals surface area contributed by atoms with Crippen molar-refractivity contribution < 1.29 is 13.2 Å². The van der Waals surface area contributed by atoms with Crippen LogP contribution >= 0.6 is 0 Å². The Morgan fingerprint density at radius 3 is 2.50 bits per heavy atom. The number of rotatable bonds is 1. The Morgan fingerprint density at radius 1 is 1.22 bits per heavy atom. The first-order valence-electron chi connectivity index (χ1n) is 6.09. The average molecular weight is 258 g/mol. The van der Waals surface area contributed by atoms with E-state index in [1.54, 1.807) is 12.1 Å². The predicted octanol–water partition coefficient (Wildman–Crippen LogP) is 2.73. The number of aryl methyl sites for hydroxylation is 1. The van der Waals surface area contributed by atoms with Crippen LogP contribution in [-0.4, -0.2) is 31.9 Å². The van der Waals surface area contributed by atoms with Crippen molar-refractivity contribution in [3.63, 3.8) is 0 Å². The summed E-state index contributed by atoms with van der Waals surface area (Å²) in [4.78, 5) is 1.46. The quantitative estimate of drug-likeness (QED) is 0.833. The lowest BCUT2D eigenvalue weighted by Gasteiger charge is -2.33. The highest BCUT2D eigenvalue weighted by molar-refractivity contribution is 5.49. The second-order valence-corrected chi connectivity index (χ2v) is 4.64. The summed E-state index contributed by atoms with van der Waals surface area (Å²) >= 11 is 0. The van der Waals surface area contributed by atoms with Crippen molar-refractivity contribution in [1.82, 2.24) is 5.32 Å². The van der Waals surface area contributed by atoms with Crippen LogP contribution in [0.1, 0.15) is 12.0 Å². The van der Waals surface area contributed by atoms with Gasteiger partial charge in [-0.15, -0.1) is 0 Å². The fraction of sp³-hybridized carbons (Fsp3) is 0.538. The van der Waals surface area contributed by atoms with Crippen molar-refractivity contribution in [2.45, 2.75) is 25.6 Å². The van der Waals surface area contributed by atoms with Gasteiger partial charge in [-0.25, -0.2) is 0 Å².